The van der Waals surface area contributed by atoms with Gasteiger partial charge in [-0.15, -0.1) is 0 Å². The van der Waals surface area contributed by atoms with Crippen molar-refractivity contribution >= 4 is 11.6 Å². The molecule has 0 unspecified atom stereocenters. The van der Waals surface area contributed by atoms with Gasteiger partial charge in [0, 0.05) is 23.7 Å². The molecular formula is C13H19ClN2. The van der Waals surface area contributed by atoms with E-state index in [4.69, 9.17) is 17.3 Å². The Morgan fingerprint density at radius 2 is 2.06 bits per heavy atom. The van der Waals surface area contributed by atoms with E-state index >= 15 is 0 Å². The monoisotopic (exact) mass is 238 g/mol. The Morgan fingerprint density at radius 3 is 2.56 bits per heavy atom. The van der Waals surface area contributed by atoms with Crippen molar-refractivity contribution in [1.29, 1.82) is 0 Å². The van der Waals surface area contributed by atoms with Gasteiger partial charge in [-0.3, -0.25) is 4.90 Å². The van der Waals surface area contributed by atoms with E-state index in [0.29, 0.717) is 0 Å². The van der Waals surface area contributed by atoms with Gasteiger partial charge in [-0.2, -0.15) is 0 Å². The molecule has 0 radical (unpaired) electrons. The van der Waals surface area contributed by atoms with E-state index < -0.39 is 0 Å². The van der Waals surface area contributed by atoms with E-state index in [1.165, 1.54) is 24.8 Å². The molecule has 1 saturated carbocycles. The molecule has 0 atom stereocenters. The summed E-state index contributed by atoms with van der Waals surface area (Å²) in [5, 5.41) is 0.848. The van der Waals surface area contributed by atoms with Crippen LogP contribution in [0.25, 0.3) is 0 Å². The van der Waals surface area contributed by atoms with E-state index in [1.54, 1.807) is 0 Å². The second-order valence-electron chi connectivity index (χ2n) is 4.73. The molecule has 2 nitrogen and oxygen atoms in total. The lowest BCUT2D eigenvalue weighted by atomic mass is 9.75. The first kappa shape index (κ1) is 11.9. The number of likely N-dealkylation sites (N-methyl/N-ethyl adjacent to an activating group) is 1. The number of halogens is 1. The fourth-order valence-corrected chi connectivity index (χ4v) is 2.57. The number of rotatable bonds is 4. The predicted octanol–water partition coefficient (Wildman–Crippen LogP) is 2.65. The quantitative estimate of drug-likeness (QED) is 0.874. The van der Waals surface area contributed by atoms with Gasteiger partial charge in [-0.25, -0.2) is 0 Å². The zero-order chi connectivity index (χ0) is 11.6. The van der Waals surface area contributed by atoms with Crippen molar-refractivity contribution in [2.45, 2.75) is 31.3 Å². The van der Waals surface area contributed by atoms with Crippen LogP contribution in [0.1, 0.15) is 24.8 Å². The number of nitrogens with zero attached hydrogens (tertiary/aromatic N) is 1. The molecule has 16 heavy (non-hydrogen) atoms. The van der Waals surface area contributed by atoms with Crippen molar-refractivity contribution in [3.05, 3.63) is 34.9 Å². The molecule has 0 heterocycles. The average molecular weight is 239 g/mol. The molecule has 2 rings (SSSR count). The molecule has 1 aromatic carbocycles. The smallest absolute Gasteiger partial charge is 0.0451 e. The fraction of sp³-hybridized carbons (Fsp3) is 0.538. The Bertz CT molecular complexity index is 355. The minimum atomic E-state index is 0.221. The molecule has 0 aliphatic heterocycles. The summed E-state index contributed by atoms with van der Waals surface area (Å²) in [6, 6.07) is 8.03. The molecule has 0 spiro atoms. The summed E-state index contributed by atoms with van der Waals surface area (Å²) in [4.78, 5) is 2.36. The highest BCUT2D eigenvalue weighted by Crippen LogP contribution is 2.37. The first-order valence-corrected chi connectivity index (χ1v) is 6.20. The van der Waals surface area contributed by atoms with Crippen molar-refractivity contribution < 1.29 is 0 Å². The van der Waals surface area contributed by atoms with Crippen molar-refractivity contribution in [2.75, 3.05) is 13.6 Å². The van der Waals surface area contributed by atoms with Gasteiger partial charge in [0.15, 0.2) is 0 Å². The minimum Gasteiger partial charge on any atom is -0.329 e. The first-order chi connectivity index (χ1) is 7.68. The van der Waals surface area contributed by atoms with Crippen LogP contribution in [0.4, 0.5) is 0 Å². The summed E-state index contributed by atoms with van der Waals surface area (Å²) in [6.45, 7) is 1.63. The molecule has 2 N–H and O–H groups in total. The Balaban J connectivity index is 2.07. The van der Waals surface area contributed by atoms with Gasteiger partial charge in [0.05, 0.1) is 0 Å². The van der Waals surface area contributed by atoms with E-state index in [9.17, 15) is 0 Å². The molecule has 1 aromatic rings. The molecule has 1 fully saturated rings. The number of hydrogen-bond donors (Lipinski definition) is 1. The summed E-state index contributed by atoms with van der Waals surface area (Å²) in [6.07, 6.45) is 3.72. The van der Waals surface area contributed by atoms with Crippen LogP contribution in [0, 0.1) is 0 Å². The second-order valence-corrected chi connectivity index (χ2v) is 5.14. The number of nitrogens with two attached hydrogens (primary N) is 1. The van der Waals surface area contributed by atoms with Crippen LogP contribution in [0.2, 0.25) is 5.02 Å². The van der Waals surface area contributed by atoms with Crippen molar-refractivity contribution in [3.63, 3.8) is 0 Å². The van der Waals surface area contributed by atoms with Gasteiger partial charge in [0.1, 0.15) is 0 Å². The highest BCUT2D eigenvalue weighted by atomic mass is 35.5. The summed E-state index contributed by atoms with van der Waals surface area (Å²) in [5.41, 5.74) is 7.29. The maximum atomic E-state index is 6.16. The van der Waals surface area contributed by atoms with Crippen LogP contribution in [-0.2, 0) is 6.54 Å². The van der Waals surface area contributed by atoms with Crippen LogP contribution in [0.15, 0.2) is 24.3 Å². The normalized spacial score (nSPS) is 18.5. The average Bonchev–Trinajstić information content (AvgIpc) is 2.21. The van der Waals surface area contributed by atoms with E-state index in [1.807, 2.05) is 18.2 Å². The zero-order valence-electron chi connectivity index (χ0n) is 9.75. The molecule has 0 amide bonds. The molecule has 88 valence electrons. The van der Waals surface area contributed by atoms with Crippen LogP contribution in [0.5, 0.6) is 0 Å². The van der Waals surface area contributed by atoms with Crippen molar-refractivity contribution in [3.8, 4) is 0 Å². The highest BCUT2D eigenvalue weighted by Gasteiger charge is 2.39. The van der Waals surface area contributed by atoms with Crippen molar-refractivity contribution in [2.24, 2.45) is 5.73 Å². The lowest BCUT2D eigenvalue weighted by molar-refractivity contribution is 0.0399. The fourth-order valence-electron chi connectivity index (χ4n) is 2.38. The van der Waals surface area contributed by atoms with E-state index in [0.717, 1.165) is 18.1 Å². The van der Waals surface area contributed by atoms with Gasteiger partial charge >= 0.3 is 0 Å². The molecule has 0 bridgehead atoms. The maximum absolute atomic E-state index is 6.16. The predicted molar refractivity (Wildman–Crippen MR) is 68.6 cm³/mol. The van der Waals surface area contributed by atoms with Crippen LogP contribution < -0.4 is 5.73 Å². The van der Waals surface area contributed by atoms with Crippen LogP contribution in [-0.4, -0.2) is 24.0 Å². The van der Waals surface area contributed by atoms with Crippen LogP contribution >= 0.6 is 11.6 Å². The Hall–Kier alpha value is -0.570. The SMILES string of the molecule is CN(Cc1ccccc1Cl)C1(CN)CCC1. The van der Waals surface area contributed by atoms with Gasteiger partial charge < -0.3 is 5.73 Å². The van der Waals surface area contributed by atoms with Gasteiger partial charge in [-0.1, -0.05) is 29.8 Å². The number of hydrogen-bond acceptors (Lipinski definition) is 2. The zero-order valence-corrected chi connectivity index (χ0v) is 10.5. The summed E-state index contributed by atoms with van der Waals surface area (Å²) < 4.78 is 0. The van der Waals surface area contributed by atoms with Gasteiger partial charge in [0.2, 0.25) is 0 Å². The van der Waals surface area contributed by atoms with Crippen LogP contribution in [0.3, 0.4) is 0 Å². The molecule has 0 aromatic heterocycles. The van der Waals surface area contributed by atoms with E-state index in [2.05, 4.69) is 18.0 Å². The Labute approximate surface area is 102 Å². The Kier molecular flexibility index (Phi) is 3.53. The summed E-state index contributed by atoms with van der Waals surface area (Å²) >= 11 is 6.16. The maximum Gasteiger partial charge on any atom is 0.0451 e. The molecule has 3 heteroatoms. The first-order valence-electron chi connectivity index (χ1n) is 5.83. The lowest BCUT2D eigenvalue weighted by Crippen LogP contribution is -2.56. The minimum absolute atomic E-state index is 0.221. The van der Waals surface area contributed by atoms with Crippen molar-refractivity contribution in [1.82, 2.24) is 4.90 Å². The topological polar surface area (TPSA) is 29.3 Å². The molecular weight excluding hydrogens is 220 g/mol. The lowest BCUT2D eigenvalue weighted by Gasteiger charge is -2.48. The number of benzene rings is 1. The highest BCUT2D eigenvalue weighted by molar-refractivity contribution is 6.31. The summed E-state index contributed by atoms with van der Waals surface area (Å²) in [7, 11) is 2.15. The largest absolute Gasteiger partial charge is 0.329 e. The molecule has 1 aliphatic carbocycles. The van der Waals surface area contributed by atoms with Gasteiger partial charge in [-0.05, 0) is 37.9 Å². The van der Waals surface area contributed by atoms with Gasteiger partial charge in [0.25, 0.3) is 0 Å². The van der Waals surface area contributed by atoms with E-state index in [-0.39, 0.29) is 5.54 Å². The second kappa shape index (κ2) is 4.74. The summed E-state index contributed by atoms with van der Waals surface area (Å²) in [5.74, 6) is 0. The molecule has 1 aliphatic rings. The Morgan fingerprint density at radius 1 is 1.38 bits per heavy atom. The third-order valence-electron chi connectivity index (χ3n) is 3.84. The molecule has 0 saturated heterocycles. The third-order valence-corrected chi connectivity index (χ3v) is 4.21. The standard InChI is InChI=1S/C13H19ClN2/c1-16(13(10-15)7-4-8-13)9-11-5-2-3-6-12(11)14/h2-3,5-6H,4,7-10,15H2,1H3. The third kappa shape index (κ3) is 2.10.